The molecule has 10 heavy (non-hydrogen) atoms. The van der Waals surface area contributed by atoms with Crippen molar-refractivity contribution in [2.75, 3.05) is 0 Å². The molecule has 0 atom stereocenters. The highest BCUT2D eigenvalue weighted by molar-refractivity contribution is 5.12. The lowest BCUT2D eigenvalue weighted by atomic mass is 10.2. The molecule has 1 aliphatic rings. The molecule has 0 amide bonds. The Kier molecular flexibility index (Phi) is 3.40. The van der Waals surface area contributed by atoms with E-state index in [1.54, 1.807) is 0 Å². The Morgan fingerprint density at radius 3 is 2.60 bits per heavy atom. The summed E-state index contributed by atoms with van der Waals surface area (Å²) in [5, 5.41) is 0. The molecule has 0 bridgehead atoms. The maximum atomic E-state index is 3.01. The van der Waals surface area contributed by atoms with Crippen molar-refractivity contribution in [1.29, 1.82) is 0 Å². The molecule has 0 unspecified atom stereocenters. The second-order valence-corrected chi connectivity index (χ2v) is 2.13. The van der Waals surface area contributed by atoms with E-state index < -0.39 is 0 Å². The standard InChI is InChI=1S/C10H11/c1-2-4-6-8-10-9-7-5-3-1/h1-4,8-10H,5,7H2/b3-1-,4-2-,8-6?,10-9-. The Morgan fingerprint density at radius 2 is 1.70 bits per heavy atom. The van der Waals surface area contributed by atoms with Gasteiger partial charge < -0.3 is 0 Å². The lowest BCUT2D eigenvalue weighted by molar-refractivity contribution is 1.05. The summed E-state index contributed by atoms with van der Waals surface area (Å²) in [5.74, 6) is 0. The van der Waals surface area contributed by atoms with E-state index in [4.69, 9.17) is 0 Å². The maximum Gasteiger partial charge on any atom is -0.0184 e. The summed E-state index contributed by atoms with van der Waals surface area (Å²) >= 11 is 0. The third kappa shape index (κ3) is 3.08. The molecule has 1 radical (unpaired) electrons. The molecule has 1 rings (SSSR count). The molecule has 0 heteroatoms. The molecule has 0 aliphatic heterocycles. The Balaban J connectivity index is 2.53. The van der Waals surface area contributed by atoms with Crippen molar-refractivity contribution < 1.29 is 0 Å². The van der Waals surface area contributed by atoms with Gasteiger partial charge in [-0.05, 0) is 18.9 Å². The first-order valence-corrected chi connectivity index (χ1v) is 3.56. The lowest BCUT2D eigenvalue weighted by Gasteiger charge is -1.85. The molecule has 51 valence electrons. The Hall–Kier alpha value is -1.04. The van der Waals surface area contributed by atoms with E-state index in [0.717, 1.165) is 12.8 Å². The Morgan fingerprint density at radius 1 is 0.900 bits per heavy atom. The summed E-state index contributed by atoms with van der Waals surface area (Å²) in [5.41, 5.74) is 0. The summed E-state index contributed by atoms with van der Waals surface area (Å²) in [6.07, 6.45) is 19.5. The van der Waals surface area contributed by atoms with Gasteiger partial charge in [0, 0.05) is 0 Å². The molecule has 0 heterocycles. The number of allylic oxidation sites excluding steroid dienone is 8. The van der Waals surface area contributed by atoms with Crippen molar-refractivity contribution >= 4 is 0 Å². The predicted octanol–water partition coefficient (Wildman–Crippen LogP) is 2.81. The van der Waals surface area contributed by atoms with Gasteiger partial charge in [-0.1, -0.05) is 42.5 Å². The third-order valence-corrected chi connectivity index (χ3v) is 1.27. The highest BCUT2D eigenvalue weighted by Gasteiger charge is 1.75. The smallest absolute Gasteiger partial charge is 0.0184 e. The number of hydrogen-bond donors (Lipinski definition) is 0. The van der Waals surface area contributed by atoms with Crippen LogP contribution in [0.1, 0.15) is 12.8 Å². The zero-order chi connectivity index (χ0) is 7.07. The van der Waals surface area contributed by atoms with Crippen molar-refractivity contribution in [2.45, 2.75) is 12.8 Å². The molecule has 0 spiro atoms. The summed E-state index contributed by atoms with van der Waals surface area (Å²) in [7, 11) is 0. The fourth-order valence-electron chi connectivity index (χ4n) is 0.754. The molecule has 0 aromatic rings. The number of hydrogen-bond acceptors (Lipinski definition) is 0. The van der Waals surface area contributed by atoms with E-state index in [9.17, 15) is 0 Å². The lowest BCUT2D eigenvalue weighted by Crippen LogP contribution is -1.65. The van der Waals surface area contributed by atoms with Crippen LogP contribution >= 0.6 is 0 Å². The highest BCUT2D eigenvalue weighted by atomic mass is 13.8. The third-order valence-electron chi connectivity index (χ3n) is 1.27. The van der Waals surface area contributed by atoms with Crippen LogP contribution in [0.25, 0.3) is 0 Å². The molecular formula is C10H11. The minimum atomic E-state index is 1.13. The van der Waals surface area contributed by atoms with Crippen molar-refractivity contribution in [3.63, 3.8) is 0 Å². The minimum absolute atomic E-state index is 1.13. The molecule has 0 aromatic carbocycles. The molecule has 0 saturated heterocycles. The first-order valence-electron chi connectivity index (χ1n) is 3.56. The van der Waals surface area contributed by atoms with Crippen molar-refractivity contribution in [1.82, 2.24) is 0 Å². The van der Waals surface area contributed by atoms with Crippen LogP contribution in [-0.4, -0.2) is 0 Å². The van der Waals surface area contributed by atoms with Gasteiger partial charge in [0.05, 0.1) is 0 Å². The van der Waals surface area contributed by atoms with Gasteiger partial charge in [0.25, 0.3) is 0 Å². The van der Waals surface area contributed by atoms with E-state index in [-0.39, 0.29) is 0 Å². The second-order valence-electron chi connectivity index (χ2n) is 2.13. The number of rotatable bonds is 0. The van der Waals surface area contributed by atoms with Crippen LogP contribution in [0, 0.1) is 6.08 Å². The molecule has 0 N–H and O–H groups in total. The average molecular weight is 131 g/mol. The van der Waals surface area contributed by atoms with Crippen molar-refractivity contribution in [2.24, 2.45) is 0 Å². The van der Waals surface area contributed by atoms with Crippen LogP contribution < -0.4 is 0 Å². The zero-order valence-electron chi connectivity index (χ0n) is 5.96. The van der Waals surface area contributed by atoms with Gasteiger partial charge in [-0.25, -0.2) is 0 Å². The van der Waals surface area contributed by atoms with E-state index in [1.165, 1.54) is 0 Å². The van der Waals surface area contributed by atoms with E-state index in [1.807, 2.05) is 24.3 Å². The van der Waals surface area contributed by atoms with Gasteiger partial charge in [-0.3, -0.25) is 0 Å². The van der Waals surface area contributed by atoms with E-state index in [0.29, 0.717) is 0 Å². The normalized spacial score (nSPS) is 30.4. The monoisotopic (exact) mass is 131 g/mol. The fourth-order valence-corrected chi connectivity index (χ4v) is 0.754. The quantitative estimate of drug-likeness (QED) is 0.474. The minimum Gasteiger partial charge on any atom is -0.0842 e. The van der Waals surface area contributed by atoms with Gasteiger partial charge in [-0.15, -0.1) is 0 Å². The summed E-state index contributed by atoms with van der Waals surface area (Å²) in [6.45, 7) is 0. The van der Waals surface area contributed by atoms with Gasteiger partial charge in [-0.2, -0.15) is 0 Å². The van der Waals surface area contributed by atoms with Gasteiger partial charge in [0.1, 0.15) is 0 Å². The summed E-state index contributed by atoms with van der Waals surface area (Å²) < 4.78 is 0. The van der Waals surface area contributed by atoms with Crippen molar-refractivity contribution in [3.05, 3.63) is 48.6 Å². The van der Waals surface area contributed by atoms with Crippen LogP contribution in [0.3, 0.4) is 0 Å². The van der Waals surface area contributed by atoms with Crippen molar-refractivity contribution in [3.8, 4) is 0 Å². The maximum absolute atomic E-state index is 3.01. The average Bonchev–Trinajstić information content (AvgIpc) is 2.01. The second kappa shape index (κ2) is 4.80. The molecule has 0 saturated carbocycles. The predicted molar refractivity (Wildman–Crippen MR) is 44.5 cm³/mol. The molecular weight excluding hydrogens is 120 g/mol. The largest absolute Gasteiger partial charge is 0.0842 e. The molecule has 0 fully saturated rings. The highest BCUT2D eigenvalue weighted by Crippen LogP contribution is 1.95. The first kappa shape index (κ1) is 7.07. The topological polar surface area (TPSA) is 0 Å². The first-order chi connectivity index (χ1) is 5.00. The van der Waals surface area contributed by atoms with E-state index in [2.05, 4.69) is 24.3 Å². The SMILES string of the molecule is [C]1=C\C=C/CC/C=C\C=C/1. The Labute approximate surface area is 62.3 Å². The van der Waals surface area contributed by atoms with Crippen LogP contribution in [0.15, 0.2) is 42.5 Å². The van der Waals surface area contributed by atoms with Crippen LogP contribution in [0.4, 0.5) is 0 Å². The van der Waals surface area contributed by atoms with Crippen LogP contribution in [-0.2, 0) is 0 Å². The zero-order valence-corrected chi connectivity index (χ0v) is 5.96. The van der Waals surface area contributed by atoms with Gasteiger partial charge >= 0.3 is 0 Å². The molecule has 1 aliphatic carbocycles. The fraction of sp³-hybridized carbons (Fsp3) is 0.200. The molecule has 0 nitrogen and oxygen atoms in total. The van der Waals surface area contributed by atoms with Gasteiger partial charge in [0.2, 0.25) is 0 Å². The van der Waals surface area contributed by atoms with Gasteiger partial charge in [0.15, 0.2) is 0 Å². The summed E-state index contributed by atoms with van der Waals surface area (Å²) in [6, 6.07) is 0. The Bertz CT molecular complexity index is 158. The van der Waals surface area contributed by atoms with Crippen LogP contribution in [0.5, 0.6) is 0 Å². The summed E-state index contributed by atoms with van der Waals surface area (Å²) in [4.78, 5) is 0. The van der Waals surface area contributed by atoms with Crippen LogP contribution in [0.2, 0.25) is 0 Å². The molecule has 0 aromatic heterocycles. The van der Waals surface area contributed by atoms with E-state index >= 15 is 0 Å².